The summed E-state index contributed by atoms with van der Waals surface area (Å²) in [6.07, 6.45) is 1.93. The predicted molar refractivity (Wildman–Crippen MR) is 77.9 cm³/mol. The van der Waals surface area contributed by atoms with Crippen molar-refractivity contribution in [3.05, 3.63) is 41.2 Å². The van der Waals surface area contributed by atoms with Gasteiger partial charge in [-0.2, -0.15) is 0 Å². The van der Waals surface area contributed by atoms with Crippen molar-refractivity contribution in [1.29, 1.82) is 0 Å². The van der Waals surface area contributed by atoms with Gasteiger partial charge in [0.25, 0.3) is 0 Å². The molecule has 0 amide bonds. The first-order valence-electron chi connectivity index (χ1n) is 6.68. The minimum atomic E-state index is 0.707. The number of aryl methyl sites for hydroxylation is 3. The van der Waals surface area contributed by atoms with Crippen molar-refractivity contribution in [2.45, 2.75) is 26.7 Å². The summed E-state index contributed by atoms with van der Waals surface area (Å²) in [6.45, 7) is 4.76. The third-order valence-corrected chi connectivity index (χ3v) is 3.11. The maximum absolute atomic E-state index is 5.44. The van der Waals surface area contributed by atoms with Crippen LogP contribution in [0.5, 0.6) is 5.75 Å². The molecule has 102 valence electrons. The molecule has 0 radical (unpaired) electrons. The van der Waals surface area contributed by atoms with Gasteiger partial charge in [0.05, 0.1) is 12.3 Å². The first kappa shape index (κ1) is 13.5. The van der Waals surface area contributed by atoms with Crippen molar-refractivity contribution >= 4 is 5.95 Å². The molecule has 0 bridgehead atoms. The third kappa shape index (κ3) is 3.50. The van der Waals surface area contributed by atoms with Crippen LogP contribution in [-0.2, 0) is 12.8 Å². The molecule has 0 aliphatic heterocycles. The Kier molecular flexibility index (Phi) is 4.44. The lowest BCUT2D eigenvalue weighted by atomic mass is 10.1. The monoisotopic (exact) mass is 259 g/mol. The number of nitrogens with zero attached hydrogens (tertiary/aromatic N) is 1. The molecule has 4 nitrogen and oxygen atoms in total. The van der Waals surface area contributed by atoms with Crippen molar-refractivity contribution in [3.63, 3.8) is 0 Å². The highest BCUT2D eigenvalue weighted by Gasteiger charge is 2.05. The Bertz CT molecular complexity index is 517. The van der Waals surface area contributed by atoms with Crippen LogP contribution in [0.15, 0.2) is 24.3 Å². The molecule has 0 atom stereocenters. The number of aromatic amines is 1. The lowest BCUT2D eigenvalue weighted by Gasteiger charge is -2.04. The number of rotatable bonds is 6. The largest absolute Gasteiger partial charge is 0.494 e. The number of aromatic nitrogens is 2. The summed E-state index contributed by atoms with van der Waals surface area (Å²) in [5.41, 5.74) is 3.56. The number of nitrogens with one attached hydrogen (secondary N) is 2. The van der Waals surface area contributed by atoms with E-state index in [-0.39, 0.29) is 0 Å². The second kappa shape index (κ2) is 6.27. The zero-order chi connectivity index (χ0) is 13.7. The number of H-pyrrole nitrogens is 1. The maximum atomic E-state index is 5.44. The summed E-state index contributed by atoms with van der Waals surface area (Å²) in [4.78, 5) is 7.71. The van der Waals surface area contributed by atoms with Gasteiger partial charge in [-0.25, -0.2) is 4.98 Å². The molecular formula is C15H21N3O. The van der Waals surface area contributed by atoms with Crippen LogP contribution in [-0.4, -0.2) is 23.6 Å². The lowest BCUT2D eigenvalue weighted by Crippen LogP contribution is -1.95. The van der Waals surface area contributed by atoms with Gasteiger partial charge in [0.2, 0.25) is 0 Å². The number of ether oxygens (including phenoxy) is 1. The molecule has 0 aliphatic rings. The molecule has 2 N–H and O–H groups in total. The molecule has 2 rings (SSSR count). The van der Waals surface area contributed by atoms with E-state index in [0.717, 1.165) is 35.9 Å². The fraction of sp³-hybridized carbons (Fsp3) is 0.400. The Morgan fingerprint density at radius 2 is 1.95 bits per heavy atom. The van der Waals surface area contributed by atoms with Crippen LogP contribution >= 0.6 is 0 Å². The van der Waals surface area contributed by atoms with E-state index in [1.54, 1.807) is 0 Å². The zero-order valence-electron chi connectivity index (χ0n) is 11.8. The quantitative estimate of drug-likeness (QED) is 0.838. The van der Waals surface area contributed by atoms with Crippen LogP contribution in [0.3, 0.4) is 0 Å². The van der Waals surface area contributed by atoms with Crippen LogP contribution in [0, 0.1) is 6.92 Å². The lowest BCUT2D eigenvalue weighted by molar-refractivity contribution is 0.340. The molecule has 0 saturated heterocycles. The van der Waals surface area contributed by atoms with E-state index in [1.807, 2.05) is 26.1 Å². The highest BCUT2D eigenvalue weighted by molar-refractivity contribution is 5.31. The molecule has 0 aliphatic carbocycles. The summed E-state index contributed by atoms with van der Waals surface area (Å²) < 4.78 is 5.44. The average Bonchev–Trinajstić information content (AvgIpc) is 2.79. The van der Waals surface area contributed by atoms with Crippen molar-refractivity contribution in [1.82, 2.24) is 9.97 Å². The molecule has 1 aromatic heterocycles. The van der Waals surface area contributed by atoms with E-state index >= 15 is 0 Å². The van der Waals surface area contributed by atoms with Crippen molar-refractivity contribution in [2.75, 3.05) is 19.0 Å². The number of anilines is 1. The van der Waals surface area contributed by atoms with Gasteiger partial charge in [0.15, 0.2) is 5.95 Å². The zero-order valence-corrected chi connectivity index (χ0v) is 11.8. The van der Waals surface area contributed by atoms with Gasteiger partial charge in [-0.1, -0.05) is 12.1 Å². The Morgan fingerprint density at radius 3 is 2.53 bits per heavy atom. The second-order valence-electron chi connectivity index (χ2n) is 4.48. The Balaban J connectivity index is 1.95. The summed E-state index contributed by atoms with van der Waals surface area (Å²) in [5, 5.41) is 3.02. The van der Waals surface area contributed by atoms with Crippen LogP contribution in [0.1, 0.15) is 23.9 Å². The Labute approximate surface area is 114 Å². The standard InChI is InChI=1S/C15H21N3O/c1-4-19-13-8-5-12(6-9-13)7-10-14-11(2)17-15(16-3)18-14/h5-6,8-9H,4,7,10H2,1-3H3,(H2,16,17,18). The Morgan fingerprint density at radius 1 is 1.21 bits per heavy atom. The smallest absolute Gasteiger partial charge is 0.200 e. The van der Waals surface area contributed by atoms with Crippen molar-refractivity contribution in [2.24, 2.45) is 0 Å². The molecule has 1 heterocycles. The maximum Gasteiger partial charge on any atom is 0.200 e. The number of imidazole rings is 1. The van der Waals surface area contributed by atoms with Crippen molar-refractivity contribution < 1.29 is 4.74 Å². The van der Waals surface area contributed by atoms with Crippen LogP contribution < -0.4 is 10.1 Å². The topological polar surface area (TPSA) is 49.9 Å². The van der Waals surface area contributed by atoms with Gasteiger partial charge in [-0.05, 0) is 44.4 Å². The molecular weight excluding hydrogens is 238 g/mol. The normalized spacial score (nSPS) is 10.5. The Hall–Kier alpha value is -1.97. The van der Waals surface area contributed by atoms with Gasteiger partial charge in [-0.3, -0.25) is 0 Å². The molecule has 4 heteroatoms. The summed E-state index contributed by atoms with van der Waals surface area (Å²) >= 11 is 0. The van der Waals surface area contributed by atoms with E-state index in [4.69, 9.17) is 4.74 Å². The molecule has 19 heavy (non-hydrogen) atoms. The first-order chi connectivity index (χ1) is 9.22. The second-order valence-corrected chi connectivity index (χ2v) is 4.48. The van der Waals surface area contributed by atoms with Crippen LogP contribution in [0.4, 0.5) is 5.95 Å². The van der Waals surface area contributed by atoms with Crippen molar-refractivity contribution in [3.8, 4) is 5.75 Å². The molecule has 0 unspecified atom stereocenters. The predicted octanol–water partition coefficient (Wildman–Crippen LogP) is 2.94. The van der Waals surface area contributed by atoms with Gasteiger partial charge >= 0.3 is 0 Å². The van der Waals surface area contributed by atoms with Crippen LogP contribution in [0.2, 0.25) is 0 Å². The third-order valence-electron chi connectivity index (χ3n) is 3.11. The summed E-state index contributed by atoms with van der Waals surface area (Å²) in [5.74, 6) is 1.76. The number of benzene rings is 1. The van der Waals surface area contributed by atoms with Gasteiger partial charge in [-0.15, -0.1) is 0 Å². The molecule has 1 aromatic carbocycles. The van der Waals surface area contributed by atoms with E-state index < -0.39 is 0 Å². The molecule has 2 aromatic rings. The van der Waals surface area contributed by atoms with Crippen LogP contribution in [0.25, 0.3) is 0 Å². The fourth-order valence-electron chi connectivity index (χ4n) is 2.04. The summed E-state index contributed by atoms with van der Waals surface area (Å²) in [7, 11) is 1.87. The van der Waals surface area contributed by atoms with Gasteiger partial charge < -0.3 is 15.0 Å². The minimum Gasteiger partial charge on any atom is -0.494 e. The first-order valence-corrected chi connectivity index (χ1v) is 6.68. The SMILES string of the molecule is CCOc1ccc(CCc2nc(NC)[nH]c2C)cc1. The fourth-order valence-corrected chi connectivity index (χ4v) is 2.04. The molecule has 0 spiro atoms. The van der Waals surface area contributed by atoms with Gasteiger partial charge in [0, 0.05) is 12.7 Å². The number of hydrogen-bond acceptors (Lipinski definition) is 3. The highest BCUT2D eigenvalue weighted by Crippen LogP contribution is 2.15. The van der Waals surface area contributed by atoms with Gasteiger partial charge in [0.1, 0.15) is 5.75 Å². The van der Waals surface area contributed by atoms with E-state index in [9.17, 15) is 0 Å². The highest BCUT2D eigenvalue weighted by atomic mass is 16.5. The van der Waals surface area contributed by atoms with E-state index in [1.165, 1.54) is 5.56 Å². The molecule has 0 saturated carbocycles. The number of hydrogen-bond donors (Lipinski definition) is 2. The van der Waals surface area contributed by atoms with E-state index in [0.29, 0.717) is 6.61 Å². The minimum absolute atomic E-state index is 0.707. The van der Waals surface area contributed by atoms with E-state index in [2.05, 4.69) is 34.3 Å². The summed E-state index contributed by atoms with van der Waals surface area (Å²) in [6, 6.07) is 8.28. The molecule has 0 fully saturated rings. The average molecular weight is 259 g/mol.